The molecule has 2 aromatic carbocycles. The minimum atomic E-state index is -0.549. The van der Waals surface area contributed by atoms with Crippen LogP contribution in [0.25, 0.3) is 0 Å². The number of carbonyl (C=O) groups excluding carboxylic acids is 2. The Balaban J connectivity index is 1.72. The van der Waals surface area contributed by atoms with Gasteiger partial charge in [-0.2, -0.15) is 0 Å². The van der Waals surface area contributed by atoms with E-state index < -0.39 is 6.04 Å². The normalized spacial score (nSPS) is 13.5. The van der Waals surface area contributed by atoms with Gasteiger partial charge >= 0.3 is 0 Å². The van der Waals surface area contributed by atoms with Crippen LogP contribution in [-0.4, -0.2) is 43.0 Å². The van der Waals surface area contributed by atoms with Gasteiger partial charge in [0.05, 0.1) is 0 Å². The van der Waals surface area contributed by atoms with E-state index in [1.807, 2.05) is 49.4 Å². The molecule has 0 saturated carbocycles. The fourth-order valence-electron chi connectivity index (χ4n) is 3.40. The van der Waals surface area contributed by atoms with Crippen LogP contribution in [-0.2, 0) is 22.6 Å². The number of hydrogen-bond donors (Lipinski definition) is 1. The molecule has 0 bridgehead atoms. The van der Waals surface area contributed by atoms with Crippen LogP contribution >= 0.6 is 0 Å². The number of amides is 2. The van der Waals surface area contributed by atoms with Crippen molar-refractivity contribution in [3.05, 3.63) is 59.2 Å². The highest BCUT2D eigenvalue weighted by atomic mass is 16.6. The van der Waals surface area contributed by atoms with E-state index in [-0.39, 0.29) is 11.8 Å². The molecular weight excluding hydrogens is 368 g/mol. The first-order valence-corrected chi connectivity index (χ1v) is 9.93. The van der Waals surface area contributed by atoms with Gasteiger partial charge in [0.2, 0.25) is 11.8 Å². The summed E-state index contributed by atoms with van der Waals surface area (Å²) in [6, 6.07) is 13.1. The Hall–Kier alpha value is -3.02. The second kappa shape index (κ2) is 9.45. The average Bonchev–Trinajstić information content (AvgIpc) is 2.75. The Kier molecular flexibility index (Phi) is 6.75. The molecule has 1 heterocycles. The number of aryl methyl sites for hydroxylation is 2. The highest BCUT2D eigenvalue weighted by Gasteiger charge is 2.25. The van der Waals surface area contributed by atoms with E-state index in [4.69, 9.17) is 9.47 Å². The molecule has 0 radical (unpaired) electrons. The van der Waals surface area contributed by atoms with Crippen molar-refractivity contribution in [1.29, 1.82) is 0 Å². The summed E-state index contributed by atoms with van der Waals surface area (Å²) in [6.07, 6.45) is 0.882. The molecule has 0 saturated heterocycles. The summed E-state index contributed by atoms with van der Waals surface area (Å²) in [5, 5.41) is 2.65. The van der Waals surface area contributed by atoms with E-state index in [1.54, 1.807) is 18.9 Å². The maximum Gasteiger partial charge on any atom is 0.242 e. The summed E-state index contributed by atoms with van der Waals surface area (Å²) in [7, 11) is 1.59. The van der Waals surface area contributed by atoms with Crippen LogP contribution in [0.3, 0.4) is 0 Å². The van der Waals surface area contributed by atoms with Gasteiger partial charge in [-0.05, 0) is 49.1 Å². The van der Waals surface area contributed by atoms with Crippen LogP contribution in [0.15, 0.2) is 42.5 Å². The second-order valence-electron chi connectivity index (χ2n) is 7.22. The Morgan fingerprint density at radius 3 is 2.55 bits per heavy atom. The third-order valence-electron chi connectivity index (χ3n) is 5.25. The van der Waals surface area contributed by atoms with Gasteiger partial charge in [-0.25, -0.2) is 0 Å². The molecule has 2 amide bonds. The first kappa shape index (κ1) is 20.7. The molecule has 0 aliphatic carbocycles. The van der Waals surface area contributed by atoms with E-state index in [0.29, 0.717) is 32.6 Å². The lowest BCUT2D eigenvalue weighted by molar-refractivity contribution is -0.140. The number of ether oxygens (including phenoxy) is 2. The zero-order valence-electron chi connectivity index (χ0n) is 17.2. The van der Waals surface area contributed by atoms with Crippen LogP contribution in [0.4, 0.5) is 0 Å². The molecule has 1 aliphatic rings. The van der Waals surface area contributed by atoms with E-state index in [1.165, 1.54) is 0 Å². The summed E-state index contributed by atoms with van der Waals surface area (Å²) in [4.78, 5) is 27.0. The predicted octanol–water partition coefficient (Wildman–Crippen LogP) is 2.86. The fraction of sp³-hybridized carbons (Fsp3) is 0.391. The molecule has 0 fully saturated rings. The van der Waals surface area contributed by atoms with Crippen molar-refractivity contribution in [3.63, 3.8) is 0 Å². The van der Waals surface area contributed by atoms with Gasteiger partial charge in [0.25, 0.3) is 0 Å². The highest BCUT2D eigenvalue weighted by molar-refractivity contribution is 5.87. The maximum atomic E-state index is 13.1. The van der Waals surface area contributed by atoms with Gasteiger partial charge in [0.1, 0.15) is 19.3 Å². The van der Waals surface area contributed by atoms with E-state index in [9.17, 15) is 9.59 Å². The zero-order valence-corrected chi connectivity index (χ0v) is 17.2. The van der Waals surface area contributed by atoms with Crippen molar-refractivity contribution in [2.24, 2.45) is 0 Å². The van der Waals surface area contributed by atoms with E-state index in [0.717, 1.165) is 28.2 Å². The third-order valence-corrected chi connectivity index (χ3v) is 5.25. The topological polar surface area (TPSA) is 67.9 Å². The fourth-order valence-corrected chi connectivity index (χ4v) is 3.40. The van der Waals surface area contributed by atoms with Crippen LogP contribution in [0.1, 0.15) is 30.0 Å². The largest absolute Gasteiger partial charge is 0.486 e. The molecule has 6 heteroatoms. The van der Waals surface area contributed by atoms with Crippen molar-refractivity contribution >= 4 is 11.8 Å². The van der Waals surface area contributed by atoms with Crippen molar-refractivity contribution in [2.75, 3.05) is 20.3 Å². The molecule has 29 heavy (non-hydrogen) atoms. The molecule has 0 spiro atoms. The predicted molar refractivity (Wildman–Crippen MR) is 111 cm³/mol. The number of nitrogens with zero attached hydrogens (tertiary/aromatic N) is 1. The smallest absolute Gasteiger partial charge is 0.242 e. The summed E-state index contributed by atoms with van der Waals surface area (Å²) in [6.45, 7) is 5.26. The molecule has 1 unspecified atom stereocenters. The minimum Gasteiger partial charge on any atom is -0.486 e. The summed E-state index contributed by atoms with van der Waals surface area (Å²) in [5.41, 5.74) is 3.14. The van der Waals surface area contributed by atoms with Gasteiger partial charge in [-0.15, -0.1) is 0 Å². The number of benzene rings is 2. The molecule has 0 aromatic heterocycles. The third kappa shape index (κ3) is 5.08. The number of nitrogens with one attached hydrogen (secondary N) is 1. The molecule has 1 N–H and O–H groups in total. The number of carbonyl (C=O) groups is 2. The monoisotopic (exact) mass is 396 g/mol. The quantitative estimate of drug-likeness (QED) is 0.782. The first-order valence-electron chi connectivity index (χ1n) is 9.93. The maximum absolute atomic E-state index is 13.1. The van der Waals surface area contributed by atoms with Gasteiger partial charge in [0, 0.05) is 20.0 Å². The molecule has 1 aliphatic heterocycles. The molecular formula is C23H28N2O4. The Morgan fingerprint density at radius 1 is 1.10 bits per heavy atom. The van der Waals surface area contributed by atoms with Crippen LogP contribution in [0, 0.1) is 6.92 Å². The van der Waals surface area contributed by atoms with Gasteiger partial charge in [0.15, 0.2) is 11.5 Å². The zero-order chi connectivity index (χ0) is 20.8. The van der Waals surface area contributed by atoms with Gasteiger partial charge < -0.3 is 19.7 Å². The van der Waals surface area contributed by atoms with Crippen LogP contribution in [0.5, 0.6) is 11.5 Å². The lowest BCUT2D eigenvalue weighted by atomic mass is 10.1. The van der Waals surface area contributed by atoms with Crippen LogP contribution in [0.2, 0.25) is 0 Å². The first-order chi connectivity index (χ1) is 14.0. The Labute approximate surface area is 171 Å². The average molecular weight is 396 g/mol. The summed E-state index contributed by atoms with van der Waals surface area (Å²) >= 11 is 0. The van der Waals surface area contributed by atoms with Gasteiger partial charge in [-0.1, -0.05) is 30.3 Å². The summed E-state index contributed by atoms with van der Waals surface area (Å²) in [5.74, 6) is 1.22. The highest BCUT2D eigenvalue weighted by Crippen LogP contribution is 2.31. The standard InChI is InChI=1S/C23H28N2O4/c1-16-6-4-5-7-19(16)15-25(17(2)23(27)24-3)22(26)11-9-18-8-10-20-21(14-18)29-13-12-28-20/h4-8,10,14,17H,9,11-13,15H2,1-3H3,(H,24,27). The van der Waals surface area contributed by atoms with E-state index >= 15 is 0 Å². The SMILES string of the molecule is CNC(=O)C(C)N(Cc1ccccc1C)C(=O)CCc1ccc2c(c1)OCCO2. The number of hydrogen-bond acceptors (Lipinski definition) is 4. The number of fused-ring (bicyclic) bond motifs is 1. The van der Waals surface area contributed by atoms with Crippen molar-refractivity contribution < 1.29 is 19.1 Å². The van der Waals surface area contributed by atoms with Crippen LogP contribution < -0.4 is 14.8 Å². The van der Waals surface area contributed by atoms with Crippen molar-refractivity contribution in [2.45, 2.75) is 39.3 Å². The van der Waals surface area contributed by atoms with Crippen molar-refractivity contribution in [1.82, 2.24) is 10.2 Å². The Morgan fingerprint density at radius 2 is 1.83 bits per heavy atom. The number of rotatable bonds is 7. The minimum absolute atomic E-state index is 0.0563. The van der Waals surface area contributed by atoms with Crippen molar-refractivity contribution in [3.8, 4) is 11.5 Å². The molecule has 3 rings (SSSR count). The van der Waals surface area contributed by atoms with E-state index in [2.05, 4.69) is 5.32 Å². The second-order valence-corrected chi connectivity index (χ2v) is 7.22. The summed E-state index contributed by atoms with van der Waals surface area (Å²) < 4.78 is 11.2. The number of likely N-dealkylation sites (N-methyl/N-ethyl adjacent to an activating group) is 1. The molecule has 2 aromatic rings. The molecule has 154 valence electrons. The Bertz CT molecular complexity index is 881. The lowest BCUT2D eigenvalue weighted by Gasteiger charge is -2.29. The molecule has 1 atom stereocenters. The molecule has 6 nitrogen and oxygen atoms in total. The lowest BCUT2D eigenvalue weighted by Crippen LogP contribution is -2.46. The van der Waals surface area contributed by atoms with Gasteiger partial charge in [-0.3, -0.25) is 9.59 Å².